The molecule has 1 rings (SSSR count). The van der Waals surface area contributed by atoms with Gasteiger partial charge in [0, 0.05) is 31.0 Å². The molecule has 19 heavy (non-hydrogen) atoms. The Hall–Kier alpha value is -2.48. The van der Waals surface area contributed by atoms with Crippen molar-refractivity contribution in [2.45, 2.75) is 6.42 Å². The van der Waals surface area contributed by atoms with Crippen molar-refractivity contribution in [2.24, 2.45) is 0 Å². The van der Waals surface area contributed by atoms with E-state index in [0.29, 0.717) is 6.42 Å². The zero-order chi connectivity index (χ0) is 14.3. The first-order valence-electron chi connectivity index (χ1n) is 5.49. The van der Waals surface area contributed by atoms with Gasteiger partial charge in [-0.25, -0.2) is 0 Å². The summed E-state index contributed by atoms with van der Waals surface area (Å²) in [5.74, 6) is -1.70. The van der Waals surface area contributed by atoms with Gasteiger partial charge >= 0.3 is 11.8 Å². The number of nitrogens with zero attached hydrogens (tertiary/aromatic N) is 1. The normalized spacial score (nSPS) is 9.74. The minimum absolute atomic E-state index is 0.0791. The van der Waals surface area contributed by atoms with Crippen molar-refractivity contribution in [1.82, 2.24) is 5.32 Å². The highest BCUT2D eigenvalue weighted by atomic mass is 16.6. The van der Waals surface area contributed by atoms with Crippen molar-refractivity contribution in [2.75, 3.05) is 18.5 Å². The minimum Gasteiger partial charge on any atom is -0.396 e. The zero-order valence-electron chi connectivity index (χ0n) is 9.96. The number of carbonyl (C=O) groups excluding carboxylic acids is 2. The SMILES string of the molecule is O=C(NCCCO)C(=O)Nc1ccc([N+](=O)[O-])cc1. The molecule has 3 N–H and O–H groups in total. The number of nitrogens with one attached hydrogen (secondary N) is 2. The Labute approximate surface area is 108 Å². The van der Waals surface area contributed by atoms with Crippen LogP contribution >= 0.6 is 0 Å². The Morgan fingerprint density at radius 3 is 2.37 bits per heavy atom. The average Bonchev–Trinajstić information content (AvgIpc) is 2.39. The van der Waals surface area contributed by atoms with Crippen molar-refractivity contribution in [1.29, 1.82) is 0 Å². The Morgan fingerprint density at radius 1 is 1.21 bits per heavy atom. The number of non-ortho nitro benzene ring substituents is 1. The molecule has 0 saturated heterocycles. The highest BCUT2D eigenvalue weighted by molar-refractivity contribution is 6.39. The number of hydrogen-bond donors (Lipinski definition) is 3. The highest BCUT2D eigenvalue weighted by Gasteiger charge is 2.13. The van der Waals surface area contributed by atoms with Gasteiger partial charge in [-0.05, 0) is 18.6 Å². The molecule has 8 nitrogen and oxygen atoms in total. The summed E-state index contributed by atoms with van der Waals surface area (Å²) in [7, 11) is 0. The molecule has 0 aliphatic rings. The fourth-order valence-electron chi connectivity index (χ4n) is 1.22. The third-order valence-corrected chi connectivity index (χ3v) is 2.16. The second-order valence-corrected chi connectivity index (χ2v) is 3.59. The number of aliphatic hydroxyl groups is 1. The summed E-state index contributed by atoms with van der Waals surface area (Å²) in [6.45, 7) is 0.118. The summed E-state index contributed by atoms with van der Waals surface area (Å²) in [5.41, 5.74) is 0.179. The number of aliphatic hydroxyl groups excluding tert-OH is 1. The van der Waals surface area contributed by atoms with E-state index >= 15 is 0 Å². The van der Waals surface area contributed by atoms with Gasteiger partial charge < -0.3 is 15.7 Å². The van der Waals surface area contributed by atoms with Crippen LogP contribution in [0.15, 0.2) is 24.3 Å². The molecule has 0 aromatic heterocycles. The first-order chi connectivity index (χ1) is 9.04. The first-order valence-corrected chi connectivity index (χ1v) is 5.49. The van der Waals surface area contributed by atoms with E-state index in [1.165, 1.54) is 24.3 Å². The van der Waals surface area contributed by atoms with Crippen molar-refractivity contribution < 1.29 is 19.6 Å². The second-order valence-electron chi connectivity index (χ2n) is 3.59. The molecule has 0 fully saturated rings. The van der Waals surface area contributed by atoms with Crippen LogP contribution in [0.3, 0.4) is 0 Å². The second kappa shape index (κ2) is 7.07. The van der Waals surface area contributed by atoms with E-state index in [9.17, 15) is 19.7 Å². The molecule has 8 heteroatoms. The molecule has 102 valence electrons. The van der Waals surface area contributed by atoms with Crippen LogP contribution in [0.5, 0.6) is 0 Å². The Bertz CT molecular complexity index is 472. The van der Waals surface area contributed by atoms with E-state index in [1.807, 2.05) is 0 Å². The molecular weight excluding hydrogens is 254 g/mol. The molecule has 0 spiro atoms. The Balaban J connectivity index is 2.52. The summed E-state index contributed by atoms with van der Waals surface area (Å²) < 4.78 is 0. The van der Waals surface area contributed by atoms with Gasteiger partial charge in [0.15, 0.2) is 0 Å². The van der Waals surface area contributed by atoms with E-state index in [4.69, 9.17) is 5.11 Å². The Morgan fingerprint density at radius 2 is 1.84 bits per heavy atom. The van der Waals surface area contributed by atoms with Crippen LogP contribution < -0.4 is 10.6 Å². The molecule has 0 unspecified atom stereocenters. The van der Waals surface area contributed by atoms with Crippen molar-refractivity contribution in [3.05, 3.63) is 34.4 Å². The van der Waals surface area contributed by atoms with Crippen LogP contribution in [0.1, 0.15) is 6.42 Å². The molecule has 0 atom stereocenters. The largest absolute Gasteiger partial charge is 0.396 e. The maximum Gasteiger partial charge on any atom is 0.313 e. The van der Waals surface area contributed by atoms with E-state index < -0.39 is 16.7 Å². The van der Waals surface area contributed by atoms with Crippen molar-refractivity contribution in [3.8, 4) is 0 Å². The number of anilines is 1. The number of rotatable bonds is 5. The predicted octanol–water partition coefficient (Wildman–Crippen LogP) is 0.0319. The summed E-state index contributed by atoms with van der Waals surface area (Å²) >= 11 is 0. The Kier molecular flexibility index (Phi) is 5.42. The van der Waals surface area contributed by atoms with Crippen LogP contribution in [0.4, 0.5) is 11.4 Å². The van der Waals surface area contributed by atoms with Crippen LogP contribution in [0, 0.1) is 10.1 Å². The number of benzene rings is 1. The number of nitro groups is 1. The van der Waals surface area contributed by atoms with Gasteiger partial charge in [0.2, 0.25) is 0 Å². The third-order valence-electron chi connectivity index (χ3n) is 2.16. The zero-order valence-corrected chi connectivity index (χ0v) is 9.96. The smallest absolute Gasteiger partial charge is 0.313 e. The van der Waals surface area contributed by atoms with E-state index in [0.717, 1.165) is 0 Å². The van der Waals surface area contributed by atoms with Crippen molar-refractivity contribution >= 4 is 23.2 Å². The van der Waals surface area contributed by atoms with Gasteiger partial charge in [0.1, 0.15) is 0 Å². The van der Waals surface area contributed by atoms with Gasteiger partial charge in [0.25, 0.3) is 5.69 Å². The standard InChI is InChI=1S/C11H13N3O5/c15-7-1-6-12-10(16)11(17)13-8-2-4-9(5-3-8)14(18)19/h2-5,15H,1,6-7H2,(H,12,16)(H,13,17). The fourth-order valence-corrected chi connectivity index (χ4v) is 1.22. The summed E-state index contributed by atoms with van der Waals surface area (Å²) in [6.07, 6.45) is 0.358. The quantitative estimate of drug-likeness (QED) is 0.301. The van der Waals surface area contributed by atoms with E-state index in [-0.39, 0.29) is 24.5 Å². The summed E-state index contributed by atoms with van der Waals surface area (Å²) in [6, 6.07) is 5.10. The molecule has 2 amide bonds. The van der Waals surface area contributed by atoms with E-state index in [2.05, 4.69) is 10.6 Å². The molecular formula is C11H13N3O5. The van der Waals surface area contributed by atoms with Gasteiger partial charge in [-0.2, -0.15) is 0 Å². The fraction of sp³-hybridized carbons (Fsp3) is 0.273. The lowest BCUT2D eigenvalue weighted by Crippen LogP contribution is -2.36. The molecule has 0 aliphatic heterocycles. The van der Waals surface area contributed by atoms with Crippen LogP contribution in [-0.2, 0) is 9.59 Å². The lowest BCUT2D eigenvalue weighted by Gasteiger charge is -2.05. The first kappa shape index (κ1) is 14.6. The monoisotopic (exact) mass is 267 g/mol. The number of nitro benzene ring substituents is 1. The van der Waals surface area contributed by atoms with Crippen LogP contribution in [0.2, 0.25) is 0 Å². The highest BCUT2D eigenvalue weighted by Crippen LogP contribution is 2.15. The molecule has 0 aliphatic carbocycles. The number of hydrogen-bond acceptors (Lipinski definition) is 5. The van der Waals surface area contributed by atoms with Gasteiger partial charge in [-0.15, -0.1) is 0 Å². The average molecular weight is 267 g/mol. The van der Waals surface area contributed by atoms with Crippen molar-refractivity contribution in [3.63, 3.8) is 0 Å². The van der Waals surface area contributed by atoms with Gasteiger partial charge in [-0.3, -0.25) is 19.7 Å². The molecule has 1 aromatic carbocycles. The van der Waals surface area contributed by atoms with Gasteiger partial charge in [0.05, 0.1) is 4.92 Å². The molecule has 1 aromatic rings. The summed E-state index contributed by atoms with van der Waals surface area (Å²) in [4.78, 5) is 32.6. The molecule has 0 saturated carbocycles. The van der Waals surface area contributed by atoms with Crippen LogP contribution in [-0.4, -0.2) is 35.0 Å². The maximum atomic E-state index is 11.4. The lowest BCUT2D eigenvalue weighted by molar-refractivity contribution is -0.384. The molecule has 0 radical (unpaired) electrons. The minimum atomic E-state index is -0.869. The third kappa shape index (κ3) is 4.72. The number of carbonyl (C=O) groups is 2. The molecule has 0 heterocycles. The topological polar surface area (TPSA) is 122 Å². The maximum absolute atomic E-state index is 11.4. The number of amides is 2. The predicted molar refractivity (Wildman–Crippen MR) is 66.4 cm³/mol. The lowest BCUT2D eigenvalue weighted by atomic mass is 10.3. The summed E-state index contributed by atoms with van der Waals surface area (Å²) in [5, 5.41) is 23.6. The van der Waals surface area contributed by atoms with Crippen LogP contribution in [0.25, 0.3) is 0 Å². The van der Waals surface area contributed by atoms with E-state index in [1.54, 1.807) is 0 Å². The van der Waals surface area contributed by atoms with Gasteiger partial charge in [-0.1, -0.05) is 0 Å². The molecule has 0 bridgehead atoms.